The number of nitrogens with one attached hydrogen (secondary N) is 3. The molecular formula is C23H25N3O6S2. The third-order valence-electron chi connectivity index (χ3n) is 4.90. The highest BCUT2D eigenvalue weighted by Gasteiger charge is 2.18. The highest BCUT2D eigenvalue weighted by Crippen LogP contribution is 2.28. The summed E-state index contributed by atoms with van der Waals surface area (Å²) in [4.78, 5) is 12.7. The number of anilines is 3. The van der Waals surface area contributed by atoms with E-state index in [4.69, 9.17) is 4.74 Å². The number of rotatable bonds is 8. The lowest BCUT2D eigenvalue weighted by Crippen LogP contribution is -2.17. The average molecular weight is 504 g/mol. The van der Waals surface area contributed by atoms with Gasteiger partial charge in [-0.3, -0.25) is 14.2 Å². The van der Waals surface area contributed by atoms with Gasteiger partial charge in [0, 0.05) is 11.3 Å². The molecule has 0 spiro atoms. The van der Waals surface area contributed by atoms with Gasteiger partial charge >= 0.3 is 0 Å². The maximum atomic E-state index is 12.8. The van der Waals surface area contributed by atoms with E-state index in [1.807, 2.05) is 13.0 Å². The van der Waals surface area contributed by atoms with Crippen molar-refractivity contribution in [3.05, 3.63) is 77.4 Å². The van der Waals surface area contributed by atoms with Gasteiger partial charge in [-0.05, 0) is 73.5 Å². The normalized spacial score (nSPS) is 11.5. The number of amides is 1. The zero-order chi connectivity index (χ0) is 25.1. The van der Waals surface area contributed by atoms with Crippen LogP contribution < -0.4 is 19.5 Å². The third kappa shape index (κ3) is 6.06. The molecule has 0 radical (unpaired) electrons. The second kappa shape index (κ2) is 9.74. The smallest absolute Gasteiger partial charge is 0.262 e. The van der Waals surface area contributed by atoms with Crippen LogP contribution in [-0.2, 0) is 20.0 Å². The Morgan fingerprint density at radius 2 is 1.53 bits per heavy atom. The number of hydrogen-bond acceptors (Lipinski definition) is 6. The highest BCUT2D eigenvalue weighted by molar-refractivity contribution is 7.92. The van der Waals surface area contributed by atoms with Crippen LogP contribution in [-0.4, -0.2) is 36.1 Å². The minimum Gasteiger partial charge on any atom is -0.495 e. The summed E-state index contributed by atoms with van der Waals surface area (Å²) in [5.74, 6) is -0.0751. The molecule has 0 aliphatic rings. The molecule has 3 N–H and O–H groups in total. The Morgan fingerprint density at radius 1 is 0.853 bits per heavy atom. The summed E-state index contributed by atoms with van der Waals surface area (Å²) < 4.78 is 58.8. The van der Waals surface area contributed by atoms with E-state index in [0.29, 0.717) is 28.4 Å². The van der Waals surface area contributed by atoms with Crippen LogP contribution in [0.4, 0.5) is 17.1 Å². The molecule has 34 heavy (non-hydrogen) atoms. The van der Waals surface area contributed by atoms with Gasteiger partial charge in [-0.25, -0.2) is 16.8 Å². The molecule has 0 aliphatic heterocycles. The van der Waals surface area contributed by atoms with E-state index in [1.165, 1.54) is 31.4 Å². The van der Waals surface area contributed by atoms with Gasteiger partial charge in [0.1, 0.15) is 5.75 Å². The molecule has 0 heterocycles. The van der Waals surface area contributed by atoms with Crippen LogP contribution in [0.5, 0.6) is 5.75 Å². The molecule has 180 valence electrons. The first-order valence-electron chi connectivity index (χ1n) is 10.1. The molecule has 0 bridgehead atoms. The van der Waals surface area contributed by atoms with Gasteiger partial charge in [-0.15, -0.1) is 0 Å². The van der Waals surface area contributed by atoms with Crippen LogP contribution in [0.25, 0.3) is 0 Å². The molecule has 11 heteroatoms. The Balaban J connectivity index is 1.78. The van der Waals surface area contributed by atoms with Crippen LogP contribution in [0.2, 0.25) is 0 Å². The van der Waals surface area contributed by atoms with Gasteiger partial charge in [-0.2, -0.15) is 0 Å². The number of carbonyl (C=O) groups excluding carboxylic acids is 1. The van der Waals surface area contributed by atoms with E-state index < -0.39 is 26.0 Å². The number of hydrogen-bond donors (Lipinski definition) is 3. The second-order valence-corrected chi connectivity index (χ2v) is 11.1. The maximum Gasteiger partial charge on any atom is 0.262 e. The first-order chi connectivity index (χ1) is 15.9. The van der Waals surface area contributed by atoms with Gasteiger partial charge in [0.25, 0.3) is 15.9 Å². The van der Waals surface area contributed by atoms with E-state index in [-0.39, 0.29) is 10.5 Å². The minimum absolute atomic E-state index is 0.00425. The van der Waals surface area contributed by atoms with Gasteiger partial charge in [0.05, 0.1) is 29.6 Å². The molecule has 0 fully saturated rings. The van der Waals surface area contributed by atoms with Crippen molar-refractivity contribution in [2.45, 2.75) is 18.7 Å². The van der Waals surface area contributed by atoms with E-state index in [2.05, 4.69) is 14.8 Å². The predicted molar refractivity (Wildman–Crippen MR) is 133 cm³/mol. The highest BCUT2D eigenvalue weighted by atomic mass is 32.2. The summed E-state index contributed by atoms with van der Waals surface area (Å²) >= 11 is 0. The molecule has 0 aromatic heterocycles. The lowest BCUT2D eigenvalue weighted by atomic mass is 10.1. The number of sulfonamides is 2. The standard InChI is InChI=1S/C23H25N3O6S2/c1-15-8-13-22(32-3)21(14-15)26-34(30,31)18-11-9-17(10-12-18)24-23(27)19-6-5-7-20(16(19)2)25-33(4,28)29/h5-14,25-26H,1-4H3,(H,24,27). The fraction of sp³-hybridized carbons (Fsp3) is 0.174. The lowest BCUT2D eigenvalue weighted by molar-refractivity contribution is 0.102. The summed E-state index contributed by atoms with van der Waals surface area (Å²) in [5.41, 5.74) is 2.59. The predicted octanol–water partition coefficient (Wildman–Crippen LogP) is 3.74. The van der Waals surface area contributed by atoms with E-state index >= 15 is 0 Å². The molecule has 0 aliphatic carbocycles. The van der Waals surface area contributed by atoms with Crippen molar-refractivity contribution in [1.29, 1.82) is 0 Å². The first kappa shape index (κ1) is 25.1. The molecule has 0 atom stereocenters. The van der Waals surface area contributed by atoms with Gasteiger partial charge in [0.15, 0.2) is 0 Å². The molecule has 0 unspecified atom stereocenters. The molecule has 0 saturated carbocycles. The van der Waals surface area contributed by atoms with Crippen molar-refractivity contribution in [2.24, 2.45) is 0 Å². The van der Waals surface area contributed by atoms with Crippen LogP contribution in [0.1, 0.15) is 21.5 Å². The summed E-state index contributed by atoms with van der Waals surface area (Å²) in [6.45, 7) is 3.46. The van der Waals surface area contributed by atoms with Crippen LogP contribution >= 0.6 is 0 Å². The van der Waals surface area contributed by atoms with E-state index in [9.17, 15) is 21.6 Å². The second-order valence-electron chi connectivity index (χ2n) is 7.64. The summed E-state index contributed by atoms with van der Waals surface area (Å²) in [5, 5.41) is 2.69. The van der Waals surface area contributed by atoms with Crippen LogP contribution in [0, 0.1) is 13.8 Å². The molecule has 9 nitrogen and oxygen atoms in total. The van der Waals surface area contributed by atoms with Crippen molar-refractivity contribution < 1.29 is 26.4 Å². The largest absolute Gasteiger partial charge is 0.495 e. The topological polar surface area (TPSA) is 131 Å². The molecule has 1 amide bonds. The molecule has 3 rings (SSSR count). The van der Waals surface area contributed by atoms with Crippen molar-refractivity contribution in [3.63, 3.8) is 0 Å². The Morgan fingerprint density at radius 3 is 2.15 bits per heavy atom. The molecule has 0 saturated heterocycles. The minimum atomic E-state index is -3.90. The number of ether oxygens (including phenoxy) is 1. The fourth-order valence-corrected chi connectivity index (χ4v) is 4.89. The molecule has 3 aromatic carbocycles. The Hall–Kier alpha value is -3.57. The number of methoxy groups -OCH3 is 1. The Labute approximate surface area is 199 Å². The fourth-order valence-electron chi connectivity index (χ4n) is 3.21. The van der Waals surface area contributed by atoms with Crippen LogP contribution in [0.15, 0.2) is 65.6 Å². The van der Waals surface area contributed by atoms with Gasteiger partial charge < -0.3 is 10.1 Å². The molecule has 3 aromatic rings. The van der Waals surface area contributed by atoms with Gasteiger partial charge in [-0.1, -0.05) is 12.1 Å². The van der Waals surface area contributed by atoms with Crippen molar-refractivity contribution in [2.75, 3.05) is 28.1 Å². The third-order valence-corrected chi connectivity index (χ3v) is 6.87. The average Bonchev–Trinajstić information content (AvgIpc) is 2.74. The summed E-state index contributed by atoms with van der Waals surface area (Å²) in [7, 11) is -5.95. The summed E-state index contributed by atoms with van der Waals surface area (Å²) in [6.07, 6.45) is 1.03. The Bertz CT molecular complexity index is 1430. The first-order valence-corrected chi connectivity index (χ1v) is 13.4. The number of carbonyl (C=O) groups is 1. The molecular weight excluding hydrogens is 478 g/mol. The SMILES string of the molecule is COc1ccc(C)cc1NS(=O)(=O)c1ccc(NC(=O)c2cccc(NS(C)(=O)=O)c2C)cc1. The zero-order valence-corrected chi connectivity index (χ0v) is 20.7. The van der Waals surface area contributed by atoms with Crippen molar-refractivity contribution >= 4 is 43.0 Å². The van der Waals surface area contributed by atoms with Crippen LogP contribution in [0.3, 0.4) is 0 Å². The van der Waals surface area contributed by atoms with E-state index in [1.54, 1.807) is 37.3 Å². The zero-order valence-electron chi connectivity index (χ0n) is 19.0. The lowest BCUT2D eigenvalue weighted by Gasteiger charge is -2.14. The maximum absolute atomic E-state index is 12.8. The van der Waals surface area contributed by atoms with E-state index in [0.717, 1.165) is 11.8 Å². The number of benzene rings is 3. The number of aryl methyl sites for hydroxylation is 1. The monoisotopic (exact) mass is 503 g/mol. The Kier molecular flexibility index (Phi) is 7.18. The van der Waals surface area contributed by atoms with Crippen molar-refractivity contribution in [1.82, 2.24) is 0 Å². The summed E-state index contributed by atoms with van der Waals surface area (Å²) in [6, 6.07) is 15.5. The van der Waals surface area contributed by atoms with Gasteiger partial charge in [0.2, 0.25) is 10.0 Å². The van der Waals surface area contributed by atoms with Crippen molar-refractivity contribution in [3.8, 4) is 5.75 Å². The quantitative estimate of drug-likeness (QED) is 0.429.